The zero-order valence-electron chi connectivity index (χ0n) is 17.6. The predicted molar refractivity (Wildman–Crippen MR) is 105 cm³/mol. The summed E-state index contributed by atoms with van der Waals surface area (Å²) in [5.41, 5.74) is 0.128. The molecule has 0 saturated carbocycles. The van der Waals surface area contributed by atoms with Crippen molar-refractivity contribution in [2.45, 2.75) is 65.4 Å². The Morgan fingerprint density at radius 3 is 2.61 bits per heavy atom. The predicted octanol–water partition coefficient (Wildman–Crippen LogP) is 3.65. The average molecular weight is 384 g/mol. The van der Waals surface area contributed by atoms with Crippen molar-refractivity contribution in [3.8, 4) is 6.07 Å². The Balaban J connectivity index is 2.07. The molecule has 0 saturated heterocycles. The van der Waals surface area contributed by atoms with Crippen molar-refractivity contribution in [3.05, 3.63) is 22.9 Å². The van der Waals surface area contributed by atoms with Crippen molar-refractivity contribution in [2.24, 2.45) is 18.4 Å². The van der Waals surface area contributed by atoms with Crippen LogP contribution in [0.2, 0.25) is 0 Å². The number of hydrogen-bond acceptors (Lipinski definition) is 5. The molecule has 1 aromatic rings. The molecule has 7 nitrogen and oxygen atoms in total. The zero-order valence-corrected chi connectivity index (χ0v) is 17.6. The summed E-state index contributed by atoms with van der Waals surface area (Å²) in [6.07, 6.45) is 2.71. The molecule has 28 heavy (non-hydrogen) atoms. The molecule has 1 heterocycles. The van der Waals surface area contributed by atoms with Gasteiger partial charge < -0.3 is 4.74 Å². The number of nitrogens with one attached hydrogen (secondary N) is 1. The zero-order chi connectivity index (χ0) is 21.1. The third-order valence-corrected chi connectivity index (χ3v) is 5.95. The Labute approximate surface area is 165 Å². The first-order valence-electron chi connectivity index (χ1n) is 9.55. The molecular formula is C21H28N4O3. The standard InChI is InChI=1S/C21H28N4O3/c1-19(2,3)28-18(27)23-17-13-8-9-14-20(4,5)16(26)12(11-22)10-21(14,6)15(13)24-25(17)7/h10,14H,8-9H2,1-7H3,(H,23,27)/t14?,21-/m0/s1. The summed E-state index contributed by atoms with van der Waals surface area (Å²) in [6, 6.07) is 2.06. The number of nitrogens with zero attached hydrogens (tertiary/aromatic N) is 3. The Morgan fingerprint density at radius 2 is 2.04 bits per heavy atom. The highest BCUT2D eigenvalue weighted by atomic mass is 16.6. The number of hydrogen-bond donors (Lipinski definition) is 1. The number of aromatic nitrogens is 2. The number of anilines is 1. The number of ether oxygens (including phenoxy) is 1. The lowest BCUT2D eigenvalue weighted by atomic mass is 9.52. The number of Topliss-reactive ketones (excluding diaryl/α,β-unsaturated/α-hetero) is 1. The summed E-state index contributed by atoms with van der Waals surface area (Å²) in [5.74, 6) is 0.524. The second-order valence-corrected chi connectivity index (χ2v) is 9.52. The number of ketones is 1. The van der Waals surface area contributed by atoms with Gasteiger partial charge in [0.15, 0.2) is 5.78 Å². The van der Waals surface area contributed by atoms with Gasteiger partial charge >= 0.3 is 6.09 Å². The van der Waals surface area contributed by atoms with Gasteiger partial charge in [-0.2, -0.15) is 10.4 Å². The van der Waals surface area contributed by atoms with Gasteiger partial charge in [0.2, 0.25) is 0 Å². The maximum atomic E-state index is 12.7. The van der Waals surface area contributed by atoms with Crippen LogP contribution in [-0.2, 0) is 28.4 Å². The molecule has 0 radical (unpaired) electrons. The maximum Gasteiger partial charge on any atom is 0.413 e. The van der Waals surface area contributed by atoms with Crippen molar-refractivity contribution in [1.29, 1.82) is 5.26 Å². The van der Waals surface area contributed by atoms with E-state index in [1.165, 1.54) is 0 Å². The van der Waals surface area contributed by atoms with Gasteiger partial charge in [-0.1, -0.05) is 26.8 Å². The lowest BCUT2D eigenvalue weighted by molar-refractivity contribution is -0.128. The van der Waals surface area contributed by atoms with Crippen molar-refractivity contribution < 1.29 is 14.3 Å². The Bertz CT molecular complexity index is 927. The summed E-state index contributed by atoms with van der Waals surface area (Å²) in [6.45, 7) is 11.3. The number of amides is 1. The van der Waals surface area contributed by atoms with Crippen LogP contribution in [0.15, 0.2) is 11.6 Å². The Hall–Kier alpha value is -2.62. The van der Waals surface area contributed by atoms with Crippen LogP contribution in [0.4, 0.5) is 10.6 Å². The molecule has 0 spiro atoms. The van der Waals surface area contributed by atoms with Crippen molar-refractivity contribution in [2.75, 3.05) is 5.32 Å². The van der Waals surface area contributed by atoms with Crippen LogP contribution in [-0.4, -0.2) is 27.3 Å². The summed E-state index contributed by atoms with van der Waals surface area (Å²) < 4.78 is 7.02. The highest BCUT2D eigenvalue weighted by Gasteiger charge is 2.55. The number of carbonyl (C=O) groups is 2. The van der Waals surface area contributed by atoms with E-state index in [1.54, 1.807) is 17.8 Å². The largest absolute Gasteiger partial charge is 0.444 e. The Morgan fingerprint density at radius 1 is 1.39 bits per heavy atom. The summed E-state index contributed by atoms with van der Waals surface area (Å²) in [5, 5.41) is 17.0. The molecule has 0 fully saturated rings. The molecule has 3 rings (SSSR count). The van der Waals surface area contributed by atoms with E-state index in [2.05, 4.69) is 11.4 Å². The maximum absolute atomic E-state index is 12.7. The molecule has 1 aromatic heterocycles. The van der Waals surface area contributed by atoms with Crippen molar-refractivity contribution >= 4 is 17.7 Å². The van der Waals surface area contributed by atoms with Gasteiger partial charge in [-0.15, -0.1) is 0 Å². The quantitative estimate of drug-likeness (QED) is 0.797. The molecule has 7 heteroatoms. The van der Waals surface area contributed by atoms with E-state index in [0.717, 1.165) is 17.7 Å². The summed E-state index contributed by atoms with van der Waals surface area (Å²) in [4.78, 5) is 25.0. The first-order chi connectivity index (χ1) is 12.8. The number of allylic oxidation sites excluding steroid dienone is 2. The summed E-state index contributed by atoms with van der Waals surface area (Å²) >= 11 is 0. The van der Waals surface area contributed by atoms with Crippen LogP contribution >= 0.6 is 0 Å². The molecule has 1 N–H and O–H groups in total. The summed E-state index contributed by atoms with van der Waals surface area (Å²) in [7, 11) is 1.78. The molecule has 1 unspecified atom stereocenters. The van der Waals surface area contributed by atoms with Crippen LogP contribution in [0.3, 0.4) is 0 Å². The van der Waals surface area contributed by atoms with Crippen LogP contribution in [0.1, 0.15) is 59.2 Å². The van der Waals surface area contributed by atoms with E-state index in [-0.39, 0.29) is 17.3 Å². The fraction of sp³-hybridized carbons (Fsp3) is 0.619. The van der Waals surface area contributed by atoms with Gasteiger partial charge in [-0.05, 0) is 39.5 Å². The number of carbonyl (C=O) groups excluding carboxylic acids is 2. The number of aryl methyl sites for hydroxylation is 1. The van der Waals surface area contributed by atoms with E-state index in [9.17, 15) is 14.9 Å². The van der Waals surface area contributed by atoms with Crippen molar-refractivity contribution in [1.82, 2.24) is 9.78 Å². The van der Waals surface area contributed by atoms with E-state index in [4.69, 9.17) is 9.84 Å². The number of rotatable bonds is 1. The number of nitriles is 1. The third-order valence-electron chi connectivity index (χ3n) is 5.95. The molecule has 2 aliphatic rings. The van der Waals surface area contributed by atoms with E-state index in [0.29, 0.717) is 12.2 Å². The van der Waals surface area contributed by atoms with Gasteiger partial charge in [0.05, 0.1) is 11.3 Å². The van der Waals surface area contributed by atoms with E-state index >= 15 is 0 Å². The van der Waals surface area contributed by atoms with Crippen LogP contribution in [0, 0.1) is 22.7 Å². The van der Waals surface area contributed by atoms with Gasteiger partial charge in [0.1, 0.15) is 17.5 Å². The van der Waals surface area contributed by atoms with Crippen LogP contribution in [0.5, 0.6) is 0 Å². The first kappa shape index (κ1) is 20.1. The molecule has 0 aliphatic heterocycles. The van der Waals surface area contributed by atoms with Crippen molar-refractivity contribution in [3.63, 3.8) is 0 Å². The van der Waals surface area contributed by atoms with Crippen LogP contribution < -0.4 is 5.32 Å². The molecule has 2 atom stereocenters. The first-order valence-corrected chi connectivity index (χ1v) is 9.55. The second kappa shape index (κ2) is 6.20. The third kappa shape index (κ3) is 3.01. The normalized spacial score (nSPS) is 25.9. The molecule has 0 bridgehead atoms. The minimum Gasteiger partial charge on any atom is -0.444 e. The van der Waals surface area contributed by atoms with E-state index in [1.807, 2.05) is 41.5 Å². The smallest absolute Gasteiger partial charge is 0.413 e. The van der Waals surface area contributed by atoms with Crippen LogP contribution in [0.25, 0.3) is 0 Å². The molecule has 2 aliphatic carbocycles. The average Bonchev–Trinajstić information content (AvgIpc) is 2.87. The van der Waals surface area contributed by atoms with Gasteiger partial charge in [-0.25, -0.2) is 4.79 Å². The van der Waals surface area contributed by atoms with Gasteiger partial charge in [0, 0.05) is 23.4 Å². The second-order valence-electron chi connectivity index (χ2n) is 9.52. The molecular weight excluding hydrogens is 356 g/mol. The molecule has 1 amide bonds. The highest BCUT2D eigenvalue weighted by molar-refractivity contribution is 6.04. The molecule has 150 valence electrons. The highest BCUT2D eigenvalue weighted by Crippen LogP contribution is 2.55. The minimum absolute atomic E-state index is 0.0291. The van der Waals surface area contributed by atoms with Gasteiger partial charge in [0.25, 0.3) is 0 Å². The fourth-order valence-electron chi connectivity index (χ4n) is 4.78. The van der Waals surface area contributed by atoms with Gasteiger partial charge in [-0.3, -0.25) is 14.8 Å². The molecule has 0 aromatic carbocycles. The SMILES string of the molecule is Cn1nc2c(c1NC(=O)OC(C)(C)C)CCC1C(C)(C)C(=O)C(C#N)=C[C@]21C. The lowest BCUT2D eigenvalue weighted by Crippen LogP contribution is -2.51. The monoisotopic (exact) mass is 384 g/mol. The van der Waals surface area contributed by atoms with E-state index < -0.39 is 22.5 Å². The minimum atomic E-state index is -0.650. The fourth-order valence-corrected chi connectivity index (χ4v) is 4.78. The Kier molecular flexibility index (Phi) is 4.45. The lowest BCUT2D eigenvalue weighted by Gasteiger charge is -2.49. The topological polar surface area (TPSA) is 97.0 Å². The number of fused-ring (bicyclic) bond motifs is 3.